The maximum absolute atomic E-state index is 13.8. The Balaban J connectivity index is 1.69. The lowest BCUT2D eigenvalue weighted by Gasteiger charge is -2.52. The minimum atomic E-state index is -0.672. The number of carbonyl (C=O) groups excluding carboxylic acids is 2. The van der Waals surface area contributed by atoms with Crippen LogP contribution in [0.15, 0.2) is 18.2 Å². The second-order valence-electron chi connectivity index (χ2n) is 8.12. The van der Waals surface area contributed by atoms with Gasteiger partial charge < -0.3 is 15.1 Å². The topological polar surface area (TPSA) is 55.9 Å². The molecule has 2 saturated heterocycles. The molecule has 3 rings (SSSR count). The lowest BCUT2D eigenvalue weighted by Crippen LogP contribution is -2.61. The fourth-order valence-electron chi connectivity index (χ4n) is 4.58. The molecular formula is C20H28F2N4O2. The van der Waals surface area contributed by atoms with Crippen molar-refractivity contribution in [3.63, 3.8) is 0 Å². The highest BCUT2D eigenvalue weighted by atomic mass is 19.1. The summed E-state index contributed by atoms with van der Waals surface area (Å²) in [6, 6.07) is 2.34. The molecule has 1 unspecified atom stereocenters. The first-order chi connectivity index (χ1) is 13.2. The van der Waals surface area contributed by atoms with E-state index in [9.17, 15) is 18.4 Å². The van der Waals surface area contributed by atoms with E-state index in [1.807, 2.05) is 7.05 Å². The summed E-state index contributed by atoms with van der Waals surface area (Å²) in [5, 5.41) is 2.46. The summed E-state index contributed by atoms with van der Waals surface area (Å²) in [5.41, 5.74) is -0.321. The summed E-state index contributed by atoms with van der Waals surface area (Å²) in [6.07, 6.45) is 3.39. The Hall–Kier alpha value is -2.22. The zero-order valence-electron chi connectivity index (χ0n) is 16.7. The summed E-state index contributed by atoms with van der Waals surface area (Å²) >= 11 is 0. The van der Waals surface area contributed by atoms with Crippen molar-refractivity contribution in [2.75, 3.05) is 46.1 Å². The van der Waals surface area contributed by atoms with Crippen molar-refractivity contribution in [1.29, 1.82) is 0 Å². The molecule has 0 aliphatic carbocycles. The molecule has 2 fully saturated rings. The van der Waals surface area contributed by atoms with Crippen molar-refractivity contribution in [1.82, 2.24) is 14.7 Å². The largest absolute Gasteiger partial charge is 0.347 e. The summed E-state index contributed by atoms with van der Waals surface area (Å²) in [6.45, 7) is 1.84. The van der Waals surface area contributed by atoms with Crippen LogP contribution in [0.3, 0.4) is 0 Å². The number of nitrogens with zero attached hydrogens (tertiary/aromatic N) is 3. The number of nitrogens with one attached hydrogen (secondary N) is 1. The van der Waals surface area contributed by atoms with Crippen LogP contribution in [0.1, 0.15) is 25.7 Å². The Labute approximate surface area is 164 Å². The van der Waals surface area contributed by atoms with Gasteiger partial charge in [0, 0.05) is 33.3 Å². The molecule has 0 radical (unpaired) electrons. The van der Waals surface area contributed by atoms with E-state index in [0.717, 1.165) is 37.6 Å². The number of urea groups is 1. The van der Waals surface area contributed by atoms with E-state index in [1.54, 1.807) is 23.9 Å². The number of likely N-dealkylation sites (tertiary alicyclic amines) is 2. The molecule has 2 heterocycles. The molecule has 3 amide bonds. The van der Waals surface area contributed by atoms with Crippen molar-refractivity contribution < 1.29 is 18.4 Å². The van der Waals surface area contributed by atoms with Crippen LogP contribution < -0.4 is 5.32 Å². The predicted molar refractivity (Wildman–Crippen MR) is 103 cm³/mol. The van der Waals surface area contributed by atoms with Gasteiger partial charge in [0.25, 0.3) is 0 Å². The van der Waals surface area contributed by atoms with E-state index >= 15 is 0 Å². The van der Waals surface area contributed by atoms with Gasteiger partial charge in [-0.2, -0.15) is 0 Å². The van der Waals surface area contributed by atoms with Gasteiger partial charge in [-0.25, -0.2) is 13.6 Å². The van der Waals surface area contributed by atoms with Crippen LogP contribution in [0.5, 0.6) is 0 Å². The van der Waals surface area contributed by atoms with Crippen molar-refractivity contribution in [3.05, 3.63) is 29.8 Å². The minimum Gasteiger partial charge on any atom is -0.347 e. The van der Waals surface area contributed by atoms with Crippen LogP contribution in [0, 0.1) is 17.0 Å². The molecular weight excluding hydrogens is 366 g/mol. The third kappa shape index (κ3) is 3.97. The summed E-state index contributed by atoms with van der Waals surface area (Å²) in [7, 11) is 5.53. The quantitative estimate of drug-likeness (QED) is 0.839. The van der Waals surface area contributed by atoms with Crippen molar-refractivity contribution in [2.45, 2.75) is 31.7 Å². The zero-order valence-corrected chi connectivity index (χ0v) is 16.7. The molecule has 2 aliphatic rings. The number of rotatable bonds is 2. The number of amides is 3. The highest BCUT2D eigenvalue weighted by molar-refractivity contribution is 5.89. The zero-order chi connectivity index (χ0) is 20.5. The van der Waals surface area contributed by atoms with Gasteiger partial charge in [-0.1, -0.05) is 0 Å². The monoisotopic (exact) mass is 394 g/mol. The second-order valence-corrected chi connectivity index (χ2v) is 8.12. The van der Waals surface area contributed by atoms with Gasteiger partial charge in [-0.05, 0) is 56.8 Å². The fourth-order valence-corrected chi connectivity index (χ4v) is 4.58. The standard InChI is InChI=1S/C20H28F2N4O2/c1-24(2)18(27)17-20(7-4-10-25(17)3)8-11-26(12-9-20)19(28)23-16-13-14(21)5-6-15(16)22/h5-6,13,17H,4,7-12H2,1-3H3,(H,23,28). The number of anilines is 1. The maximum Gasteiger partial charge on any atom is 0.321 e. The number of benzene rings is 1. The number of hydrogen-bond acceptors (Lipinski definition) is 3. The molecule has 1 atom stereocenters. The van der Waals surface area contributed by atoms with E-state index < -0.39 is 17.7 Å². The molecule has 6 nitrogen and oxygen atoms in total. The second kappa shape index (κ2) is 8.03. The lowest BCUT2D eigenvalue weighted by molar-refractivity contribution is -0.144. The van der Waals surface area contributed by atoms with Gasteiger partial charge in [-0.3, -0.25) is 9.69 Å². The van der Waals surface area contributed by atoms with E-state index in [0.29, 0.717) is 25.9 Å². The minimum absolute atomic E-state index is 0.0990. The molecule has 0 saturated carbocycles. The maximum atomic E-state index is 13.8. The number of hydrogen-bond donors (Lipinski definition) is 1. The smallest absolute Gasteiger partial charge is 0.321 e. The van der Waals surface area contributed by atoms with Crippen LogP contribution in [-0.2, 0) is 4.79 Å². The Bertz CT molecular complexity index is 748. The predicted octanol–water partition coefficient (Wildman–Crippen LogP) is 2.76. The van der Waals surface area contributed by atoms with Crippen LogP contribution in [0.2, 0.25) is 0 Å². The number of piperidine rings is 2. The number of likely N-dealkylation sites (N-methyl/N-ethyl adjacent to an activating group) is 2. The van der Waals surface area contributed by atoms with Gasteiger partial charge >= 0.3 is 6.03 Å². The molecule has 1 spiro atoms. The summed E-state index contributed by atoms with van der Waals surface area (Å²) < 4.78 is 27.1. The molecule has 154 valence electrons. The van der Waals surface area contributed by atoms with Crippen molar-refractivity contribution >= 4 is 17.6 Å². The van der Waals surface area contributed by atoms with Gasteiger partial charge in [0.15, 0.2) is 0 Å². The summed E-state index contributed by atoms with van der Waals surface area (Å²) in [5.74, 6) is -1.18. The van der Waals surface area contributed by atoms with Crippen LogP contribution in [0.4, 0.5) is 19.3 Å². The molecule has 28 heavy (non-hydrogen) atoms. The first-order valence-electron chi connectivity index (χ1n) is 9.66. The Morgan fingerprint density at radius 2 is 1.82 bits per heavy atom. The highest BCUT2D eigenvalue weighted by Crippen LogP contribution is 2.44. The first-order valence-corrected chi connectivity index (χ1v) is 9.66. The third-order valence-corrected chi connectivity index (χ3v) is 6.10. The van der Waals surface area contributed by atoms with E-state index in [4.69, 9.17) is 0 Å². The molecule has 2 aliphatic heterocycles. The average Bonchev–Trinajstić information content (AvgIpc) is 2.65. The highest BCUT2D eigenvalue weighted by Gasteiger charge is 2.49. The molecule has 1 N–H and O–H groups in total. The molecule has 0 bridgehead atoms. The molecule has 0 aromatic heterocycles. The van der Waals surface area contributed by atoms with E-state index in [2.05, 4.69) is 10.2 Å². The number of halogens is 2. The third-order valence-electron chi connectivity index (χ3n) is 6.10. The van der Waals surface area contributed by atoms with Gasteiger partial charge in [0.2, 0.25) is 5.91 Å². The lowest BCUT2D eigenvalue weighted by atomic mass is 9.66. The van der Waals surface area contributed by atoms with Crippen molar-refractivity contribution in [2.24, 2.45) is 5.41 Å². The number of carbonyl (C=O) groups is 2. The van der Waals surface area contributed by atoms with Gasteiger partial charge in [-0.15, -0.1) is 0 Å². The van der Waals surface area contributed by atoms with Crippen LogP contribution in [0.25, 0.3) is 0 Å². The van der Waals surface area contributed by atoms with E-state index in [1.165, 1.54) is 0 Å². The Morgan fingerprint density at radius 3 is 2.46 bits per heavy atom. The van der Waals surface area contributed by atoms with Crippen molar-refractivity contribution in [3.8, 4) is 0 Å². The van der Waals surface area contributed by atoms with Gasteiger partial charge in [0.1, 0.15) is 11.6 Å². The summed E-state index contributed by atoms with van der Waals surface area (Å²) in [4.78, 5) is 30.7. The van der Waals surface area contributed by atoms with Crippen LogP contribution in [-0.4, -0.2) is 73.5 Å². The van der Waals surface area contributed by atoms with E-state index in [-0.39, 0.29) is 23.1 Å². The first kappa shape index (κ1) is 20.5. The SMILES string of the molecule is CN(C)C(=O)C1N(C)CCCC12CCN(C(=O)Nc1cc(F)ccc1F)CC2. The molecule has 1 aromatic rings. The average molecular weight is 394 g/mol. The van der Waals surface area contributed by atoms with Crippen LogP contribution >= 0.6 is 0 Å². The van der Waals surface area contributed by atoms with Gasteiger partial charge in [0.05, 0.1) is 11.7 Å². The Kier molecular flexibility index (Phi) is 5.88. The molecule has 8 heteroatoms. The fraction of sp³-hybridized carbons (Fsp3) is 0.600. The Morgan fingerprint density at radius 1 is 1.14 bits per heavy atom. The normalized spacial score (nSPS) is 22.2. The molecule has 1 aromatic carbocycles.